The van der Waals surface area contributed by atoms with Crippen LogP contribution in [0.25, 0.3) is 0 Å². The molecule has 1 unspecified atom stereocenters. The molecule has 0 aromatic heterocycles. The Morgan fingerprint density at radius 2 is 1.89 bits per heavy atom. The maximum absolute atomic E-state index is 12.9. The molecule has 0 aliphatic heterocycles. The molecule has 1 aromatic rings. The molecule has 1 N–H and O–H groups in total. The lowest BCUT2D eigenvalue weighted by Gasteiger charge is -2.24. The van der Waals surface area contributed by atoms with Crippen LogP contribution < -0.4 is 5.32 Å². The zero-order valence-electron chi connectivity index (χ0n) is 11.7. The predicted octanol–water partition coefficient (Wildman–Crippen LogP) is 4.02. The van der Waals surface area contributed by atoms with E-state index in [0.29, 0.717) is 6.04 Å². The quantitative estimate of drug-likeness (QED) is 0.845. The molecule has 1 aromatic carbocycles. The van der Waals surface area contributed by atoms with Crippen molar-refractivity contribution in [3.05, 3.63) is 35.6 Å². The summed E-state index contributed by atoms with van der Waals surface area (Å²) in [6, 6.07) is 7.38. The second kappa shape index (κ2) is 7.91. The zero-order valence-corrected chi connectivity index (χ0v) is 12.5. The van der Waals surface area contributed by atoms with Crippen LogP contribution in [-0.2, 0) is 6.42 Å². The van der Waals surface area contributed by atoms with Crippen molar-refractivity contribution in [2.24, 2.45) is 0 Å². The summed E-state index contributed by atoms with van der Waals surface area (Å²) < 4.78 is 12.9. The number of halogens is 1. The number of benzene rings is 1. The molecule has 0 amide bonds. The van der Waals surface area contributed by atoms with Crippen molar-refractivity contribution in [2.45, 2.75) is 49.8 Å². The standard InChI is InChI=1S/C16H24FNS/c1-18-15(11-13-7-9-14(17)10-8-13)12-19-16-5-3-2-4-6-16/h7-10,15-16,18H,2-6,11-12H2,1H3. The Bertz CT molecular complexity index is 360. The molecule has 0 spiro atoms. The van der Waals surface area contributed by atoms with E-state index in [1.54, 1.807) is 12.1 Å². The molecule has 2 rings (SSSR count). The second-order valence-electron chi connectivity index (χ2n) is 5.41. The highest BCUT2D eigenvalue weighted by Gasteiger charge is 2.16. The lowest BCUT2D eigenvalue weighted by Crippen LogP contribution is -2.31. The Hall–Kier alpha value is -0.540. The molecule has 1 fully saturated rings. The Kier molecular flexibility index (Phi) is 6.18. The maximum Gasteiger partial charge on any atom is 0.123 e. The first-order valence-corrected chi connectivity index (χ1v) is 8.36. The number of rotatable bonds is 6. The normalized spacial score (nSPS) is 18.4. The summed E-state index contributed by atoms with van der Waals surface area (Å²) in [5.74, 6) is 1.000. The summed E-state index contributed by atoms with van der Waals surface area (Å²) >= 11 is 2.12. The molecule has 1 aliphatic carbocycles. The third kappa shape index (κ3) is 5.15. The lowest BCUT2D eigenvalue weighted by atomic mass is 10.0. The molecule has 0 bridgehead atoms. The van der Waals surface area contributed by atoms with Gasteiger partial charge in [-0.2, -0.15) is 11.8 Å². The fraction of sp³-hybridized carbons (Fsp3) is 0.625. The summed E-state index contributed by atoms with van der Waals surface area (Å²) in [7, 11) is 2.02. The average molecular weight is 281 g/mol. The molecule has 0 radical (unpaired) electrons. The highest BCUT2D eigenvalue weighted by Crippen LogP contribution is 2.28. The van der Waals surface area contributed by atoms with Gasteiger partial charge in [0.25, 0.3) is 0 Å². The van der Waals surface area contributed by atoms with Crippen molar-refractivity contribution >= 4 is 11.8 Å². The van der Waals surface area contributed by atoms with E-state index in [9.17, 15) is 4.39 Å². The maximum atomic E-state index is 12.9. The highest BCUT2D eigenvalue weighted by molar-refractivity contribution is 7.99. The molecule has 1 nitrogen and oxygen atoms in total. The van der Waals surface area contributed by atoms with Crippen LogP contribution in [0.15, 0.2) is 24.3 Å². The first kappa shape index (κ1) is 14.9. The third-order valence-electron chi connectivity index (χ3n) is 3.89. The molecule has 3 heteroatoms. The molecule has 19 heavy (non-hydrogen) atoms. The minimum atomic E-state index is -0.152. The largest absolute Gasteiger partial charge is 0.316 e. The Morgan fingerprint density at radius 1 is 1.21 bits per heavy atom. The number of nitrogens with one attached hydrogen (secondary N) is 1. The molecule has 106 valence electrons. The molecule has 1 atom stereocenters. The first-order valence-electron chi connectivity index (χ1n) is 7.31. The van der Waals surface area contributed by atoms with Gasteiger partial charge in [-0.25, -0.2) is 4.39 Å². The monoisotopic (exact) mass is 281 g/mol. The Labute approximate surface area is 120 Å². The smallest absolute Gasteiger partial charge is 0.123 e. The SMILES string of the molecule is CNC(CSC1CCCCC1)Cc1ccc(F)cc1. The number of likely N-dealkylation sites (N-methyl/N-ethyl adjacent to an activating group) is 1. The summed E-state index contributed by atoms with van der Waals surface area (Å²) in [6.45, 7) is 0. The van der Waals surface area contributed by atoms with Gasteiger partial charge in [0, 0.05) is 17.0 Å². The van der Waals surface area contributed by atoms with E-state index >= 15 is 0 Å². The van der Waals surface area contributed by atoms with E-state index in [1.807, 2.05) is 19.2 Å². The molecule has 0 saturated heterocycles. The van der Waals surface area contributed by atoms with Gasteiger partial charge in [-0.1, -0.05) is 31.4 Å². The van der Waals surface area contributed by atoms with E-state index in [0.717, 1.165) is 17.4 Å². The lowest BCUT2D eigenvalue weighted by molar-refractivity contribution is 0.514. The molecule has 1 saturated carbocycles. The van der Waals surface area contributed by atoms with E-state index in [1.165, 1.54) is 37.7 Å². The molecule has 1 aliphatic rings. The van der Waals surface area contributed by atoms with Crippen molar-refractivity contribution in [2.75, 3.05) is 12.8 Å². The Balaban J connectivity index is 1.77. The van der Waals surface area contributed by atoms with E-state index in [4.69, 9.17) is 0 Å². The minimum absolute atomic E-state index is 0.152. The van der Waals surface area contributed by atoms with Gasteiger partial charge in [0.15, 0.2) is 0 Å². The van der Waals surface area contributed by atoms with E-state index in [-0.39, 0.29) is 5.82 Å². The van der Waals surface area contributed by atoms with Crippen LogP contribution in [0.3, 0.4) is 0 Å². The van der Waals surface area contributed by atoms with Crippen molar-refractivity contribution in [3.63, 3.8) is 0 Å². The fourth-order valence-corrected chi connectivity index (χ4v) is 4.09. The van der Waals surface area contributed by atoms with Gasteiger partial charge >= 0.3 is 0 Å². The van der Waals surface area contributed by atoms with Crippen LogP contribution in [-0.4, -0.2) is 24.1 Å². The topological polar surface area (TPSA) is 12.0 Å². The summed E-state index contributed by atoms with van der Waals surface area (Å²) in [5.41, 5.74) is 1.21. The van der Waals surface area contributed by atoms with Gasteiger partial charge in [0.2, 0.25) is 0 Å². The average Bonchev–Trinajstić information content (AvgIpc) is 2.46. The van der Waals surface area contributed by atoms with Crippen molar-refractivity contribution in [1.29, 1.82) is 0 Å². The van der Waals surface area contributed by atoms with Crippen LogP contribution in [0.1, 0.15) is 37.7 Å². The van der Waals surface area contributed by atoms with Gasteiger partial charge in [0.05, 0.1) is 0 Å². The second-order valence-corrected chi connectivity index (χ2v) is 6.74. The van der Waals surface area contributed by atoms with Crippen LogP contribution >= 0.6 is 11.8 Å². The van der Waals surface area contributed by atoms with Gasteiger partial charge in [0.1, 0.15) is 5.82 Å². The minimum Gasteiger partial charge on any atom is -0.316 e. The van der Waals surface area contributed by atoms with Crippen LogP contribution in [0.2, 0.25) is 0 Å². The van der Waals surface area contributed by atoms with E-state index in [2.05, 4.69) is 17.1 Å². The summed E-state index contributed by atoms with van der Waals surface area (Å²) in [4.78, 5) is 0. The third-order valence-corrected chi connectivity index (χ3v) is 5.43. The fourth-order valence-electron chi connectivity index (χ4n) is 2.63. The van der Waals surface area contributed by atoms with Crippen LogP contribution in [0, 0.1) is 5.82 Å². The zero-order chi connectivity index (χ0) is 13.5. The highest BCUT2D eigenvalue weighted by atomic mass is 32.2. The molecular weight excluding hydrogens is 257 g/mol. The number of thioether (sulfide) groups is 1. The van der Waals surface area contributed by atoms with Crippen molar-refractivity contribution in [3.8, 4) is 0 Å². The van der Waals surface area contributed by atoms with Gasteiger partial charge in [-0.05, 0) is 44.0 Å². The van der Waals surface area contributed by atoms with Crippen LogP contribution in [0.5, 0.6) is 0 Å². The Morgan fingerprint density at radius 3 is 2.53 bits per heavy atom. The van der Waals surface area contributed by atoms with Crippen LogP contribution in [0.4, 0.5) is 4.39 Å². The van der Waals surface area contributed by atoms with Gasteiger partial charge < -0.3 is 5.32 Å². The number of hydrogen-bond acceptors (Lipinski definition) is 2. The van der Waals surface area contributed by atoms with E-state index < -0.39 is 0 Å². The molecular formula is C16H24FNS. The summed E-state index contributed by atoms with van der Waals surface area (Å²) in [5, 5.41) is 4.25. The molecule has 0 heterocycles. The predicted molar refractivity (Wildman–Crippen MR) is 82.3 cm³/mol. The van der Waals surface area contributed by atoms with Crippen molar-refractivity contribution in [1.82, 2.24) is 5.32 Å². The van der Waals surface area contributed by atoms with Crippen molar-refractivity contribution < 1.29 is 4.39 Å². The van der Waals surface area contributed by atoms with Gasteiger partial charge in [-0.3, -0.25) is 0 Å². The number of hydrogen-bond donors (Lipinski definition) is 1. The van der Waals surface area contributed by atoms with Gasteiger partial charge in [-0.15, -0.1) is 0 Å². The first-order chi connectivity index (χ1) is 9.28. The summed E-state index contributed by atoms with van der Waals surface area (Å²) in [6.07, 6.45) is 7.98.